The first-order chi connectivity index (χ1) is 5.91. The second kappa shape index (κ2) is 10.4. The number of hydrogen-bond donors (Lipinski definition) is 2. The molecule has 0 amide bonds. The zero-order valence-electron chi connectivity index (χ0n) is 7.90. The van der Waals surface area contributed by atoms with Gasteiger partial charge in [0.25, 0.3) is 0 Å². The summed E-state index contributed by atoms with van der Waals surface area (Å²) in [6, 6.07) is 2.13. The van der Waals surface area contributed by atoms with Crippen molar-refractivity contribution in [1.82, 2.24) is 10.6 Å². The van der Waals surface area contributed by atoms with Crippen LogP contribution in [0.15, 0.2) is 0 Å². The van der Waals surface area contributed by atoms with Gasteiger partial charge < -0.3 is 10.6 Å². The Balaban J connectivity index is 2.78. The average Bonchev–Trinajstić information content (AvgIpc) is 2.10. The van der Waals surface area contributed by atoms with Crippen molar-refractivity contribution in [1.29, 1.82) is 5.26 Å². The summed E-state index contributed by atoms with van der Waals surface area (Å²) in [5.41, 5.74) is 0. The maximum Gasteiger partial charge on any atom is 0.0622 e. The summed E-state index contributed by atoms with van der Waals surface area (Å²) < 4.78 is 0. The summed E-state index contributed by atoms with van der Waals surface area (Å²) in [7, 11) is 1.97. The molecule has 0 heterocycles. The molecule has 0 bridgehead atoms. The van der Waals surface area contributed by atoms with E-state index in [0.717, 1.165) is 26.1 Å². The van der Waals surface area contributed by atoms with Crippen LogP contribution in [0.3, 0.4) is 0 Å². The van der Waals surface area contributed by atoms with Crippen LogP contribution in [0.5, 0.6) is 0 Å². The summed E-state index contributed by atoms with van der Waals surface area (Å²) in [6.45, 7) is 3.15. The van der Waals surface area contributed by atoms with E-state index in [4.69, 9.17) is 5.26 Å². The van der Waals surface area contributed by atoms with Crippen LogP contribution in [0.4, 0.5) is 0 Å². The second-order valence-electron chi connectivity index (χ2n) is 2.82. The standard InChI is InChI=1S/C9H19N3/c1-11-7-4-5-9-12-8-3-2-6-10/h11-12H,2-5,7-9H2,1H3. The molecule has 70 valence electrons. The van der Waals surface area contributed by atoms with E-state index in [1.54, 1.807) is 0 Å². The third-order valence-corrected chi connectivity index (χ3v) is 1.67. The highest BCUT2D eigenvalue weighted by Gasteiger charge is 1.88. The largest absolute Gasteiger partial charge is 0.320 e. The Morgan fingerprint density at radius 2 is 1.75 bits per heavy atom. The zero-order chi connectivity index (χ0) is 9.07. The lowest BCUT2D eigenvalue weighted by Crippen LogP contribution is -2.18. The molecule has 0 atom stereocenters. The molecule has 3 heteroatoms. The van der Waals surface area contributed by atoms with Gasteiger partial charge in [0.1, 0.15) is 0 Å². The van der Waals surface area contributed by atoms with Crippen molar-refractivity contribution in [2.75, 3.05) is 26.7 Å². The molecule has 0 saturated carbocycles. The van der Waals surface area contributed by atoms with E-state index in [9.17, 15) is 0 Å². The lowest BCUT2D eigenvalue weighted by Gasteiger charge is -2.02. The third-order valence-electron chi connectivity index (χ3n) is 1.67. The van der Waals surface area contributed by atoms with Crippen molar-refractivity contribution in [3.8, 4) is 6.07 Å². The molecule has 0 unspecified atom stereocenters. The molecular weight excluding hydrogens is 150 g/mol. The quantitative estimate of drug-likeness (QED) is 0.530. The number of unbranched alkanes of at least 4 members (excludes halogenated alkanes) is 2. The highest BCUT2D eigenvalue weighted by atomic mass is 14.8. The van der Waals surface area contributed by atoms with Crippen LogP contribution in [-0.4, -0.2) is 26.7 Å². The van der Waals surface area contributed by atoms with Gasteiger partial charge in [-0.3, -0.25) is 0 Å². The number of rotatable bonds is 8. The maximum atomic E-state index is 8.25. The van der Waals surface area contributed by atoms with Gasteiger partial charge in [-0.05, 0) is 45.9 Å². The number of nitriles is 1. The van der Waals surface area contributed by atoms with Crippen LogP contribution in [0.25, 0.3) is 0 Å². The summed E-state index contributed by atoms with van der Waals surface area (Å²) >= 11 is 0. The Labute approximate surface area is 75.2 Å². The number of nitrogens with zero attached hydrogens (tertiary/aromatic N) is 1. The van der Waals surface area contributed by atoms with Crippen LogP contribution >= 0.6 is 0 Å². The van der Waals surface area contributed by atoms with Gasteiger partial charge in [-0.2, -0.15) is 5.26 Å². The molecule has 2 N–H and O–H groups in total. The minimum Gasteiger partial charge on any atom is -0.320 e. The Bertz CT molecular complexity index is 117. The molecule has 0 radical (unpaired) electrons. The highest BCUT2D eigenvalue weighted by molar-refractivity contribution is 4.68. The fourth-order valence-corrected chi connectivity index (χ4v) is 0.969. The molecule has 0 aromatic heterocycles. The monoisotopic (exact) mass is 169 g/mol. The molecule has 12 heavy (non-hydrogen) atoms. The molecular formula is C9H19N3. The van der Waals surface area contributed by atoms with E-state index in [1.165, 1.54) is 12.8 Å². The van der Waals surface area contributed by atoms with Gasteiger partial charge in [0.2, 0.25) is 0 Å². The maximum absolute atomic E-state index is 8.25. The minimum absolute atomic E-state index is 0.670. The van der Waals surface area contributed by atoms with Crippen LogP contribution in [0, 0.1) is 11.3 Å². The van der Waals surface area contributed by atoms with Crippen molar-refractivity contribution in [2.45, 2.75) is 25.7 Å². The van der Waals surface area contributed by atoms with Gasteiger partial charge in [0.15, 0.2) is 0 Å². The zero-order valence-corrected chi connectivity index (χ0v) is 7.90. The summed E-state index contributed by atoms with van der Waals surface area (Å²) in [5, 5.41) is 14.7. The van der Waals surface area contributed by atoms with Crippen molar-refractivity contribution < 1.29 is 0 Å². The fraction of sp³-hybridized carbons (Fsp3) is 0.889. The van der Waals surface area contributed by atoms with E-state index >= 15 is 0 Å². The summed E-state index contributed by atoms with van der Waals surface area (Å²) in [4.78, 5) is 0. The van der Waals surface area contributed by atoms with Gasteiger partial charge in [-0.1, -0.05) is 0 Å². The molecule has 0 aliphatic heterocycles. The Hall–Kier alpha value is -0.590. The van der Waals surface area contributed by atoms with Crippen molar-refractivity contribution in [2.24, 2.45) is 0 Å². The van der Waals surface area contributed by atoms with E-state index in [1.807, 2.05) is 7.05 Å². The van der Waals surface area contributed by atoms with Gasteiger partial charge in [0, 0.05) is 6.42 Å². The van der Waals surface area contributed by atoms with Gasteiger partial charge in [-0.25, -0.2) is 0 Å². The second-order valence-corrected chi connectivity index (χ2v) is 2.82. The van der Waals surface area contributed by atoms with Crippen molar-refractivity contribution >= 4 is 0 Å². The molecule has 0 fully saturated rings. The van der Waals surface area contributed by atoms with Crippen LogP contribution < -0.4 is 10.6 Å². The van der Waals surface area contributed by atoms with E-state index in [2.05, 4.69) is 16.7 Å². The molecule has 0 aliphatic rings. The van der Waals surface area contributed by atoms with Crippen LogP contribution in [0.1, 0.15) is 25.7 Å². The Morgan fingerprint density at radius 3 is 2.42 bits per heavy atom. The molecule has 3 nitrogen and oxygen atoms in total. The first-order valence-electron chi connectivity index (χ1n) is 4.64. The number of hydrogen-bond acceptors (Lipinski definition) is 3. The molecule has 0 aromatic carbocycles. The third kappa shape index (κ3) is 9.41. The van der Waals surface area contributed by atoms with E-state index in [0.29, 0.717) is 6.42 Å². The first kappa shape index (κ1) is 11.4. The van der Waals surface area contributed by atoms with Crippen molar-refractivity contribution in [3.63, 3.8) is 0 Å². The lowest BCUT2D eigenvalue weighted by atomic mass is 10.3. The molecule has 0 saturated heterocycles. The predicted octanol–water partition coefficient (Wildman–Crippen LogP) is 0.879. The normalized spacial score (nSPS) is 9.67. The fourth-order valence-electron chi connectivity index (χ4n) is 0.969. The van der Waals surface area contributed by atoms with Crippen molar-refractivity contribution in [3.05, 3.63) is 0 Å². The van der Waals surface area contributed by atoms with Gasteiger partial charge >= 0.3 is 0 Å². The smallest absolute Gasteiger partial charge is 0.0622 e. The topological polar surface area (TPSA) is 47.8 Å². The summed E-state index contributed by atoms with van der Waals surface area (Å²) in [5.74, 6) is 0. The van der Waals surface area contributed by atoms with E-state index in [-0.39, 0.29) is 0 Å². The van der Waals surface area contributed by atoms with Gasteiger partial charge in [0.05, 0.1) is 6.07 Å². The molecule has 0 aliphatic carbocycles. The minimum atomic E-state index is 0.670. The summed E-state index contributed by atoms with van der Waals surface area (Å²) in [6.07, 6.45) is 4.08. The SMILES string of the molecule is CNCCCCNCCCC#N. The molecule has 0 rings (SSSR count). The predicted molar refractivity (Wildman–Crippen MR) is 50.9 cm³/mol. The molecule has 0 spiro atoms. The average molecular weight is 169 g/mol. The lowest BCUT2D eigenvalue weighted by molar-refractivity contribution is 0.595. The van der Waals surface area contributed by atoms with Crippen LogP contribution in [0.2, 0.25) is 0 Å². The Morgan fingerprint density at radius 1 is 1.08 bits per heavy atom. The first-order valence-corrected chi connectivity index (χ1v) is 4.64. The highest BCUT2D eigenvalue weighted by Crippen LogP contribution is 1.86. The van der Waals surface area contributed by atoms with Crippen LogP contribution in [-0.2, 0) is 0 Å². The van der Waals surface area contributed by atoms with E-state index < -0.39 is 0 Å². The number of nitrogens with one attached hydrogen (secondary N) is 2. The molecule has 0 aromatic rings. The van der Waals surface area contributed by atoms with Gasteiger partial charge in [-0.15, -0.1) is 0 Å². The Kier molecular flexibility index (Phi) is 9.90.